The van der Waals surface area contributed by atoms with Gasteiger partial charge in [0.2, 0.25) is 0 Å². The van der Waals surface area contributed by atoms with Gasteiger partial charge in [-0.25, -0.2) is 0 Å². The predicted molar refractivity (Wildman–Crippen MR) is 106 cm³/mol. The van der Waals surface area contributed by atoms with Crippen LogP contribution in [0.15, 0.2) is 42.5 Å². The lowest BCUT2D eigenvalue weighted by Crippen LogP contribution is -2.47. The zero-order valence-electron chi connectivity index (χ0n) is 17.1. The first kappa shape index (κ1) is 26.0. The highest BCUT2D eigenvalue weighted by Crippen LogP contribution is 2.37. The number of hydrogen-bond donors (Lipinski definition) is 3. The molecule has 0 bridgehead atoms. The van der Waals surface area contributed by atoms with Gasteiger partial charge in [-0.2, -0.15) is 26.3 Å². The van der Waals surface area contributed by atoms with E-state index in [2.05, 4.69) is 0 Å². The third-order valence-electron chi connectivity index (χ3n) is 5.01. The lowest BCUT2D eigenvalue weighted by molar-refractivity contribution is -0.139. The second-order valence-corrected chi connectivity index (χ2v) is 7.66. The molecular formula is C22H25F6NO3. The van der Waals surface area contributed by atoms with E-state index in [9.17, 15) is 36.6 Å². The van der Waals surface area contributed by atoms with Crippen LogP contribution in [0.5, 0.6) is 5.75 Å². The van der Waals surface area contributed by atoms with Crippen molar-refractivity contribution in [3.05, 3.63) is 64.7 Å². The zero-order valence-corrected chi connectivity index (χ0v) is 17.1. The lowest BCUT2D eigenvalue weighted by atomic mass is 9.93. The molecule has 2 aromatic rings. The largest absolute Gasteiger partial charge is 0.493 e. The van der Waals surface area contributed by atoms with Gasteiger partial charge in [0, 0.05) is 0 Å². The van der Waals surface area contributed by atoms with Crippen molar-refractivity contribution in [2.45, 2.75) is 43.6 Å². The van der Waals surface area contributed by atoms with Gasteiger partial charge in [0.1, 0.15) is 5.75 Å². The van der Waals surface area contributed by atoms with Gasteiger partial charge < -0.3 is 20.7 Å². The Morgan fingerprint density at radius 1 is 0.812 bits per heavy atom. The Hall–Kier alpha value is -2.30. The lowest BCUT2D eigenvalue weighted by Gasteiger charge is -2.24. The van der Waals surface area contributed by atoms with Crippen molar-refractivity contribution in [2.24, 2.45) is 5.73 Å². The summed E-state index contributed by atoms with van der Waals surface area (Å²) < 4.78 is 84.0. The van der Waals surface area contributed by atoms with E-state index in [4.69, 9.17) is 10.5 Å². The van der Waals surface area contributed by atoms with Crippen LogP contribution in [0.1, 0.15) is 35.1 Å². The number of hydrogen-bond acceptors (Lipinski definition) is 4. The summed E-state index contributed by atoms with van der Waals surface area (Å²) in [5.41, 5.74) is 3.41. The van der Waals surface area contributed by atoms with E-state index in [0.717, 1.165) is 18.2 Å². The summed E-state index contributed by atoms with van der Waals surface area (Å²) in [5, 5.41) is 18.4. The summed E-state index contributed by atoms with van der Waals surface area (Å²) >= 11 is 0. The van der Waals surface area contributed by atoms with Crippen molar-refractivity contribution in [1.82, 2.24) is 0 Å². The topological polar surface area (TPSA) is 75.7 Å². The van der Waals surface area contributed by atoms with Gasteiger partial charge in [-0.3, -0.25) is 0 Å². The molecule has 2 rings (SSSR count). The fourth-order valence-electron chi connectivity index (χ4n) is 3.04. The molecule has 0 amide bonds. The molecule has 0 saturated carbocycles. The third-order valence-corrected chi connectivity index (χ3v) is 5.01. The van der Waals surface area contributed by atoms with E-state index >= 15 is 0 Å². The Morgan fingerprint density at radius 3 is 2.06 bits per heavy atom. The normalized spacial score (nSPS) is 12.8. The standard InChI is InChI=1S/C22H25F6NO3/c23-21(24,25)17-5-1-3-15(11-17)4-2-10-32-19-7-6-16(12-18(19)22(26,27)28)8-9-20(29,13-30)14-31/h1,3,5-7,11-12,30-31H,2,4,8-10,13-14,29H2. The SMILES string of the molecule is NC(CO)(CO)CCc1ccc(OCCCc2cccc(C(F)(F)F)c2)c(C(F)(F)F)c1. The average Bonchev–Trinajstić information content (AvgIpc) is 2.74. The Balaban J connectivity index is 2.02. The molecule has 0 radical (unpaired) electrons. The number of nitrogens with two attached hydrogens (primary N) is 1. The number of alkyl halides is 6. The molecule has 0 aliphatic carbocycles. The highest BCUT2D eigenvalue weighted by atomic mass is 19.4. The van der Waals surface area contributed by atoms with Crippen molar-refractivity contribution in [3.63, 3.8) is 0 Å². The number of rotatable bonds is 10. The number of aryl methyl sites for hydroxylation is 2. The minimum absolute atomic E-state index is 0.0779. The number of ether oxygens (including phenoxy) is 1. The van der Waals surface area contributed by atoms with Gasteiger partial charge in [-0.05, 0) is 55.0 Å². The van der Waals surface area contributed by atoms with E-state index in [1.807, 2.05) is 0 Å². The Morgan fingerprint density at radius 2 is 1.47 bits per heavy atom. The van der Waals surface area contributed by atoms with E-state index in [-0.39, 0.29) is 38.0 Å². The van der Waals surface area contributed by atoms with Gasteiger partial charge in [0.25, 0.3) is 0 Å². The summed E-state index contributed by atoms with van der Waals surface area (Å²) in [4.78, 5) is 0. The highest BCUT2D eigenvalue weighted by Gasteiger charge is 2.35. The van der Waals surface area contributed by atoms with Gasteiger partial charge in [0.15, 0.2) is 0 Å². The fraction of sp³-hybridized carbons (Fsp3) is 0.455. The Kier molecular flexibility index (Phi) is 8.55. The van der Waals surface area contributed by atoms with Crippen molar-refractivity contribution in [3.8, 4) is 5.75 Å². The molecule has 0 spiro atoms. The Bertz CT molecular complexity index is 879. The van der Waals surface area contributed by atoms with E-state index in [0.29, 0.717) is 11.1 Å². The minimum atomic E-state index is -4.68. The Labute approximate surface area is 181 Å². The molecule has 0 heterocycles. The molecule has 0 saturated heterocycles. The van der Waals surface area contributed by atoms with Crippen molar-refractivity contribution < 1.29 is 41.3 Å². The van der Waals surface area contributed by atoms with Crippen LogP contribution in [0.3, 0.4) is 0 Å². The summed E-state index contributed by atoms with van der Waals surface area (Å²) in [6.07, 6.45) is -8.52. The molecule has 2 aromatic carbocycles. The average molecular weight is 465 g/mol. The number of benzene rings is 2. The van der Waals surface area contributed by atoms with Crippen molar-refractivity contribution in [2.75, 3.05) is 19.8 Å². The maximum absolute atomic E-state index is 13.5. The molecule has 178 valence electrons. The monoisotopic (exact) mass is 465 g/mol. The molecule has 4 nitrogen and oxygen atoms in total. The van der Waals surface area contributed by atoms with E-state index < -0.39 is 42.2 Å². The summed E-state index contributed by atoms with van der Waals surface area (Å²) in [5.74, 6) is -0.381. The fourth-order valence-corrected chi connectivity index (χ4v) is 3.04. The van der Waals surface area contributed by atoms with Crippen LogP contribution in [0.4, 0.5) is 26.3 Å². The quantitative estimate of drug-likeness (QED) is 0.360. The summed E-state index contributed by atoms with van der Waals surface area (Å²) in [6.45, 7) is -1.13. The van der Waals surface area contributed by atoms with Crippen LogP contribution in [-0.2, 0) is 25.2 Å². The van der Waals surface area contributed by atoms with Crippen LogP contribution >= 0.6 is 0 Å². The third kappa shape index (κ3) is 7.39. The summed E-state index contributed by atoms with van der Waals surface area (Å²) in [7, 11) is 0. The van der Waals surface area contributed by atoms with Crippen LogP contribution in [0.2, 0.25) is 0 Å². The molecule has 32 heavy (non-hydrogen) atoms. The van der Waals surface area contributed by atoms with Crippen LogP contribution in [0, 0.1) is 0 Å². The first-order valence-electron chi connectivity index (χ1n) is 9.87. The summed E-state index contributed by atoms with van der Waals surface area (Å²) in [6, 6.07) is 8.30. The molecule has 0 aliphatic rings. The number of aliphatic hydroxyl groups is 2. The maximum Gasteiger partial charge on any atom is 0.419 e. The molecule has 0 unspecified atom stereocenters. The number of halogens is 6. The second kappa shape index (κ2) is 10.5. The zero-order chi connectivity index (χ0) is 24.0. The minimum Gasteiger partial charge on any atom is -0.493 e. The van der Waals surface area contributed by atoms with Gasteiger partial charge in [0.05, 0.1) is 36.5 Å². The predicted octanol–water partition coefficient (Wildman–Crippen LogP) is 4.35. The first-order valence-corrected chi connectivity index (χ1v) is 9.87. The number of aliphatic hydroxyl groups excluding tert-OH is 2. The van der Waals surface area contributed by atoms with Gasteiger partial charge in [-0.15, -0.1) is 0 Å². The molecule has 4 N–H and O–H groups in total. The smallest absolute Gasteiger partial charge is 0.419 e. The van der Waals surface area contributed by atoms with Crippen molar-refractivity contribution >= 4 is 0 Å². The van der Waals surface area contributed by atoms with Crippen LogP contribution in [0.25, 0.3) is 0 Å². The van der Waals surface area contributed by atoms with Gasteiger partial charge in [-0.1, -0.05) is 24.3 Å². The highest BCUT2D eigenvalue weighted by molar-refractivity contribution is 5.39. The molecule has 0 atom stereocenters. The molecule has 0 aliphatic heterocycles. The van der Waals surface area contributed by atoms with E-state index in [1.54, 1.807) is 0 Å². The molecular weight excluding hydrogens is 440 g/mol. The van der Waals surface area contributed by atoms with Gasteiger partial charge >= 0.3 is 12.4 Å². The first-order chi connectivity index (χ1) is 14.9. The molecule has 0 fully saturated rings. The van der Waals surface area contributed by atoms with Crippen LogP contribution < -0.4 is 10.5 Å². The van der Waals surface area contributed by atoms with E-state index in [1.165, 1.54) is 24.3 Å². The second-order valence-electron chi connectivity index (χ2n) is 7.66. The molecule has 0 aromatic heterocycles. The van der Waals surface area contributed by atoms with Crippen molar-refractivity contribution in [1.29, 1.82) is 0 Å². The maximum atomic E-state index is 13.5. The van der Waals surface area contributed by atoms with Crippen LogP contribution in [-0.4, -0.2) is 35.6 Å². The molecule has 10 heteroatoms.